The third-order valence-electron chi connectivity index (χ3n) is 18.7. The Morgan fingerprint density at radius 3 is 1.34 bits per heavy atom. The molecule has 0 spiro atoms. The van der Waals surface area contributed by atoms with Gasteiger partial charge in [-0.1, -0.05) is 291 Å². The summed E-state index contributed by atoms with van der Waals surface area (Å²) in [4.78, 5) is 2.55. The Labute approximate surface area is 487 Å². The van der Waals surface area contributed by atoms with Crippen molar-refractivity contribution in [2.75, 3.05) is 4.90 Å². The maximum atomic E-state index is 2.55. The van der Waals surface area contributed by atoms with Gasteiger partial charge >= 0.3 is 0 Å². The Hall–Kier alpha value is -10.1. The molecule has 0 unspecified atom stereocenters. The van der Waals surface area contributed by atoms with Crippen LogP contribution in [-0.2, 0) is 10.8 Å². The van der Waals surface area contributed by atoms with E-state index in [1.807, 2.05) is 0 Å². The molecule has 0 aromatic heterocycles. The van der Waals surface area contributed by atoms with E-state index in [1.165, 1.54) is 104 Å². The van der Waals surface area contributed by atoms with E-state index in [9.17, 15) is 0 Å². The molecular weight excluding hydrogens is 1010 g/mol. The van der Waals surface area contributed by atoms with E-state index in [0.29, 0.717) is 0 Å². The second-order valence-corrected chi connectivity index (χ2v) is 26.5. The average Bonchev–Trinajstić information content (AvgIpc) is 1.77. The summed E-state index contributed by atoms with van der Waals surface area (Å²) >= 11 is 0. The van der Waals surface area contributed by atoms with Crippen LogP contribution in [0.3, 0.4) is 0 Å². The Kier molecular flexibility index (Phi) is 11.3. The van der Waals surface area contributed by atoms with E-state index in [0.717, 1.165) is 28.2 Å². The maximum absolute atomic E-state index is 2.75. The Bertz CT molecular complexity index is 4510. The normalized spacial score (nSPS) is 14.1. The van der Waals surface area contributed by atoms with E-state index < -0.39 is 18.9 Å². The minimum atomic E-state index is -2.75. The third kappa shape index (κ3) is 7.19. The molecule has 1 nitrogen and oxygen atoms in total. The number of hydrogen-bond acceptors (Lipinski definition) is 1. The van der Waals surface area contributed by atoms with Gasteiger partial charge in [-0.05, 0) is 153 Å². The fraction of sp³-hybridized carbons (Fsp3) is 0.0370. The predicted octanol–water partition coefficient (Wildman–Crippen LogP) is 17.5. The molecule has 0 saturated carbocycles. The van der Waals surface area contributed by atoms with E-state index >= 15 is 0 Å². The average molecular weight is 1070 g/mol. The van der Waals surface area contributed by atoms with Gasteiger partial charge < -0.3 is 4.90 Å². The van der Waals surface area contributed by atoms with Crippen LogP contribution in [0.4, 0.5) is 17.1 Å². The fourth-order valence-electron chi connectivity index (χ4n) is 15.1. The first-order valence-corrected chi connectivity index (χ1v) is 31.1. The molecule has 0 radical (unpaired) electrons. The molecule has 2 heteroatoms. The topological polar surface area (TPSA) is 3.24 Å². The van der Waals surface area contributed by atoms with Gasteiger partial charge in [0.05, 0.1) is 11.1 Å². The Balaban J connectivity index is 0.938. The molecular formula is C81H57NSi. The molecule has 0 atom stereocenters. The first kappa shape index (κ1) is 48.8. The summed E-state index contributed by atoms with van der Waals surface area (Å²) in [5, 5.41) is 5.67. The second kappa shape index (κ2) is 19.3. The van der Waals surface area contributed by atoms with Crippen LogP contribution in [0.25, 0.3) is 55.6 Å². The molecule has 0 N–H and O–H groups in total. The Morgan fingerprint density at radius 2 is 0.711 bits per heavy atom. The molecule has 0 fully saturated rings. The van der Waals surface area contributed by atoms with Crippen LogP contribution in [0.5, 0.6) is 0 Å². The van der Waals surface area contributed by atoms with E-state index in [2.05, 4.69) is 339 Å². The van der Waals surface area contributed by atoms with Crippen LogP contribution in [0.15, 0.2) is 328 Å². The summed E-state index contributed by atoms with van der Waals surface area (Å²) in [5.41, 5.74) is 23.7. The summed E-state index contributed by atoms with van der Waals surface area (Å²) in [7, 11) is -2.75. The lowest BCUT2D eigenvalue weighted by Crippen LogP contribution is -2.72. The van der Waals surface area contributed by atoms with Crippen molar-refractivity contribution < 1.29 is 0 Å². The van der Waals surface area contributed by atoms with Crippen LogP contribution in [0, 0.1) is 0 Å². The lowest BCUT2D eigenvalue weighted by Gasteiger charge is -2.35. The minimum absolute atomic E-state index is 0.401. The molecule has 3 aliphatic rings. The first-order chi connectivity index (χ1) is 41.1. The van der Waals surface area contributed by atoms with Crippen molar-refractivity contribution >= 4 is 45.9 Å². The molecule has 0 bridgehead atoms. The number of hydrogen-bond donors (Lipinski definition) is 0. The lowest BCUT2D eigenvalue weighted by molar-refractivity contribution is 0.714. The van der Waals surface area contributed by atoms with Crippen LogP contribution in [-0.4, -0.2) is 8.07 Å². The third-order valence-corrected chi connectivity index (χ3v) is 23.6. The van der Waals surface area contributed by atoms with Crippen molar-refractivity contribution in [3.8, 4) is 55.6 Å². The van der Waals surface area contributed by atoms with Gasteiger partial charge in [-0.25, -0.2) is 0 Å². The summed E-state index contributed by atoms with van der Waals surface area (Å²) in [6.45, 7) is 2.42. The van der Waals surface area contributed by atoms with Crippen LogP contribution >= 0.6 is 0 Å². The van der Waals surface area contributed by atoms with Gasteiger partial charge in [-0.15, -0.1) is 0 Å². The summed E-state index contributed by atoms with van der Waals surface area (Å²) in [6.07, 6.45) is 0. The van der Waals surface area contributed by atoms with Gasteiger partial charge in [0.1, 0.15) is 0 Å². The number of fused-ring (bicyclic) bond motifs is 9. The monoisotopic (exact) mass is 1070 g/mol. The van der Waals surface area contributed by atoms with Crippen LogP contribution in [0.1, 0.15) is 45.9 Å². The van der Waals surface area contributed by atoms with Crippen molar-refractivity contribution in [2.24, 2.45) is 0 Å². The van der Waals surface area contributed by atoms with Gasteiger partial charge in [-0.2, -0.15) is 0 Å². The van der Waals surface area contributed by atoms with Crippen molar-refractivity contribution in [2.45, 2.75) is 17.8 Å². The van der Waals surface area contributed by atoms with Gasteiger partial charge in [0.15, 0.2) is 8.07 Å². The van der Waals surface area contributed by atoms with Gasteiger partial charge in [0, 0.05) is 22.4 Å². The van der Waals surface area contributed by atoms with E-state index in [1.54, 1.807) is 0 Å². The molecule has 13 aromatic rings. The molecule has 0 amide bonds. The van der Waals surface area contributed by atoms with Crippen molar-refractivity contribution in [3.05, 3.63) is 367 Å². The minimum Gasteiger partial charge on any atom is -0.310 e. The van der Waals surface area contributed by atoms with E-state index in [4.69, 9.17) is 0 Å². The van der Waals surface area contributed by atoms with Crippen LogP contribution < -0.4 is 25.6 Å². The summed E-state index contributed by atoms with van der Waals surface area (Å²) in [6, 6.07) is 124. The molecule has 1 aliphatic heterocycles. The molecule has 16 rings (SSSR count). The van der Waals surface area contributed by atoms with Gasteiger partial charge in [-0.3, -0.25) is 0 Å². The first-order valence-electron chi connectivity index (χ1n) is 29.1. The smallest absolute Gasteiger partial charge is 0.180 e. The van der Waals surface area contributed by atoms with Crippen LogP contribution in [0.2, 0.25) is 0 Å². The fourth-order valence-corrected chi connectivity index (χ4v) is 20.3. The predicted molar refractivity (Wildman–Crippen MR) is 349 cm³/mol. The second-order valence-electron chi connectivity index (χ2n) is 22.7. The zero-order chi connectivity index (χ0) is 55.1. The quantitative estimate of drug-likeness (QED) is 0.123. The van der Waals surface area contributed by atoms with Gasteiger partial charge in [0.2, 0.25) is 0 Å². The highest BCUT2D eigenvalue weighted by molar-refractivity contribution is 7.22. The lowest BCUT2D eigenvalue weighted by atomic mass is 9.67. The Morgan fingerprint density at radius 1 is 0.265 bits per heavy atom. The molecule has 2 aliphatic carbocycles. The zero-order valence-electron chi connectivity index (χ0n) is 46.1. The zero-order valence-corrected chi connectivity index (χ0v) is 47.1. The van der Waals surface area contributed by atoms with Crippen molar-refractivity contribution in [1.82, 2.24) is 0 Å². The highest BCUT2D eigenvalue weighted by atomic mass is 28.3. The SMILES string of the molecule is CC1(c2cccc(N(c3ccc4c(c3)C(c3ccccc3)(c3ccccc3)c3ccccc3-4)c3ccc(-c4cccc([Si]5(c6ccccc6)c6ccccc6-c6ccccc65)c4)cc3-c3ccccc3)c2)c2ccccc2-c2ccccc21. The highest BCUT2D eigenvalue weighted by Crippen LogP contribution is 2.58. The molecule has 390 valence electrons. The standard InChI is InChI=1S/C81H57NSi/c1-80(73-43-19-14-38-66(73)67-39-15-20-44-74(67)80)61-33-25-34-62(54-61)82(63-49-50-69-68-40-16-21-45-75(68)81(76(69)55-63,59-29-8-3-9-30-59)60-31-10-4-11-32-60)77-51-48-58(53-72(77)56-26-6-2-7-27-56)57-28-24-37-65(52-57)83(64-35-12-5-13-36-64)78-46-22-17-41-70(78)71-42-18-23-47-79(71)83/h2-55H,1H3. The van der Waals surface area contributed by atoms with Crippen molar-refractivity contribution in [3.63, 3.8) is 0 Å². The number of benzene rings is 13. The number of rotatable bonds is 10. The summed E-state index contributed by atoms with van der Waals surface area (Å²) in [5.74, 6) is 0. The van der Waals surface area contributed by atoms with Gasteiger partial charge in [0.25, 0.3) is 0 Å². The number of nitrogens with zero attached hydrogens (tertiary/aromatic N) is 1. The molecule has 1 heterocycles. The molecule has 0 saturated heterocycles. The molecule has 83 heavy (non-hydrogen) atoms. The molecule has 13 aromatic carbocycles. The number of anilines is 3. The van der Waals surface area contributed by atoms with E-state index in [-0.39, 0.29) is 0 Å². The maximum Gasteiger partial charge on any atom is 0.180 e. The summed E-state index contributed by atoms with van der Waals surface area (Å²) < 4.78 is 0. The van der Waals surface area contributed by atoms with Crippen molar-refractivity contribution in [1.29, 1.82) is 0 Å². The largest absolute Gasteiger partial charge is 0.310 e. The highest BCUT2D eigenvalue weighted by Gasteiger charge is 2.49.